The molecule has 0 radical (unpaired) electrons. The first-order valence-electron chi connectivity index (χ1n) is 8.28. The maximum Gasteiger partial charge on any atom is 0.136 e. The molecule has 23 heavy (non-hydrogen) atoms. The summed E-state index contributed by atoms with van der Waals surface area (Å²) in [4.78, 5) is 0. The summed E-state index contributed by atoms with van der Waals surface area (Å²) in [6, 6.07) is 8.31. The number of hydrogen-bond donors (Lipinski definition) is 2. The van der Waals surface area contributed by atoms with Crippen molar-refractivity contribution in [1.82, 2.24) is 10.0 Å². The number of piperidine rings is 1. The van der Waals surface area contributed by atoms with Crippen molar-refractivity contribution < 1.29 is 4.55 Å². The highest BCUT2D eigenvalue weighted by Crippen LogP contribution is 2.52. The van der Waals surface area contributed by atoms with E-state index in [-0.39, 0.29) is 16.2 Å². The van der Waals surface area contributed by atoms with Crippen LogP contribution in [0.5, 0.6) is 0 Å². The first-order valence-corrected chi connectivity index (χ1v) is 9.43. The van der Waals surface area contributed by atoms with Crippen molar-refractivity contribution >= 4 is 11.4 Å². The van der Waals surface area contributed by atoms with Gasteiger partial charge in [0.05, 0.1) is 17.7 Å². The molecule has 1 saturated heterocycles. The lowest BCUT2D eigenvalue weighted by molar-refractivity contribution is 0.163. The smallest absolute Gasteiger partial charge is 0.136 e. The molecule has 1 spiro atoms. The van der Waals surface area contributed by atoms with Crippen molar-refractivity contribution in [1.29, 1.82) is 5.26 Å². The van der Waals surface area contributed by atoms with E-state index in [0.717, 1.165) is 43.5 Å². The second kappa shape index (κ2) is 6.10. The van der Waals surface area contributed by atoms with Crippen LogP contribution in [0, 0.1) is 16.7 Å². The van der Waals surface area contributed by atoms with Crippen LogP contribution in [0.15, 0.2) is 18.2 Å². The van der Waals surface area contributed by atoms with E-state index < -0.39 is 11.4 Å². The van der Waals surface area contributed by atoms with Crippen LogP contribution in [0.4, 0.5) is 0 Å². The van der Waals surface area contributed by atoms with Gasteiger partial charge >= 0.3 is 0 Å². The van der Waals surface area contributed by atoms with Gasteiger partial charge in [-0.1, -0.05) is 12.1 Å². The Morgan fingerprint density at radius 2 is 2.04 bits per heavy atom. The molecule has 0 saturated carbocycles. The molecule has 1 heterocycles. The molecule has 1 aromatic carbocycles. The van der Waals surface area contributed by atoms with E-state index in [1.165, 1.54) is 5.56 Å². The molecule has 1 fully saturated rings. The van der Waals surface area contributed by atoms with Gasteiger partial charge in [0.25, 0.3) is 0 Å². The molecule has 1 aromatic rings. The molecule has 5 heteroatoms. The standard InChI is InChI=1S/C18H25N3OS/c1-17(2,3)23(22)21-16-15-13(5-4-6-14(15)12-19)11-18(16)7-9-20-10-8-18/h4-6,16,20-21H,7-11H2,1-3H3/t16-,23-/m1/s1. The van der Waals surface area contributed by atoms with Gasteiger partial charge in [0.1, 0.15) is 4.75 Å². The molecule has 124 valence electrons. The molecule has 2 atom stereocenters. The fraction of sp³-hybridized carbons (Fsp3) is 0.611. The Morgan fingerprint density at radius 1 is 1.35 bits per heavy atom. The lowest BCUT2D eigenvalue weighted by Gasteiger charge is -2.40. The van der Waals surface area contributed by atoms with Crippen LogP contribution in [-0.2, 0) is 17.8 Å². The largest absolute Gasteiger partial charge is 0.598 e. The van der Waals surface area contributed by atoms with Gasteiger partial charge in [0, 0.05) is 16.8 Å². The summed E-state index contributed by atoms with van der Waals surface area (Å²) in [5, 5.41) is 13.0. The molecule has 1 aliphatic heterocycles. The van der Waals surface area contributed by atoms with Crippen molar-refractivity contribution in [2.75, 3.05) is 13.1 Å². The number of hydrogen-bond acceptors (Lipinski definition) is 4. The molecule has 0 amide bonds. The van der Waals surface area contributed by atoms with Crippen molar-refractivity contribution in [3.63, 3.8) is 0 Å². The van der Waals surface area contributed by atoms with E-state index in [4.69, 9.17) is 0 Å². The Hall–Kier alpha value is -1.06. The van der Waals surface area contributed by atoms with E-state index in [9.17, 15) is 9.81 Å². The number of benzene rings is 1. The maximum atomic E-state index is 12.8. The predicted molar refractivity (Wildman–Crippen MR) is 93.2 cm³/mol. The Kier molecular flexibility index (Phi) is 4.45. The second-order valence-corrected chi connectivity index (χ2v) is 9.71. The molecule has 2 aliphatic rings. The number of nitrogens with zero attached hydrogens (tertiary/aromatic N) is 1. The molecule has 2 N–H and O–H groups in total. The summed E-state index contributed by atoms with van der Waals surface area (Å²) < 4.78 is 15.8. The van der Waals surface area contributed by atoms with Gasteiger partial charge in [-0.3, -0.25) is 0 Å². The molecule has 3 rings (SSSR count). The highest BCUT2D eigenvalue weighted by molar-refractivity contribution is 7.90. The SMILES string of the molecule is CC(C)(C)[S@@+]([O-])N[C@@H]1c2c(C#N)cccc2CC12CCNCC2. The fourth-order valence-corrected chi connectivity index (χ4v) is 4.79. The maximum absolute atomic E-state index is 12.8. The third-order valence-corrected chi connectivity index (χ3v) is 6.70. The predicted octanol–water partition coefficient (Wildman–Crippen LogP) is 2.58. The van der Waals surface area contributed by atoms with Crippen molar-refractivity contribution in [3.05, 3.63) is 34.9 Å². The Bertz CT molecular complexity index is 626. The summed E-state index contributed by atoms with van der Waals surface area (Å²) >= 11 is -1.15. The van der Waals surface area contributed by atoms with Crippen LogP contribution in [0.2, 0.25) is 0 Å². The van der Waals surface area contributed by atoms with Gasteiger partial charge in [0.15, 0.2) is 0 Å². The van der Waals surface area contributed by atoms with E-state index in [1.807, 2.05) is 32.9 Å². The average Bonchev–Trinajstić information content (AvgIpc) is 2.80. The Morgan fingerprint density at radius 3 is 2.65 bits per heavy atom. The van der Waals surface area contributed by atoms with Crippen molar-refractivity contribution in [2.24, 2.45) is 5.41 Å². The summed E-state index contributed by atoms with van der Waals surface area (Å²) in [5.74, 6) is 0. The third-order valence-electron chi connectivity index (χ3n) is 5.14. The zero-order chi connectivity index (χ0) is 16.7. The van der Waals surface area contributed by atoms with Crippen molar-refractivity contribution in [2.45, 2.75) is 50.8 Å². The molecule has 0 unspecified atom stereocenters. The second-order valence-electron chi connectivity index (χ2n) is 7.71. The molecular weight excluding hydrogens is 306 g/mol. The van der Waals surface area contributed by atoms with Crippen LogP contribution in [0.1, 0.15) is 56.3 Å². The minimum Gasteiger partial charge on any atom is -0.598 e. The molecular formula is C18H25N3OS. The highest BCUT2D eigenvalue weighted by atomic mass is 32.2. The summed E-state index contributed by atoms with van der Waals surface area (Å²) in [5.41, 5.74) is 3.12. The molecule has 1 aliphatic carbocycles. The number of nitriles is 1. The van der Waals surface area contributed by atoms with Gasteiger partial charge in [-0.15, -0.1) is 4.72 Å². The quantitative estimate of drug-likeness (QED) is 0.817. The molecule has 0 bridgehead atoms. The minimum atomic E-state index is -1.15. The summed E-state index contributed by atoms with van der Waals surface area (Å²) in [6.07, 6.45) is 3.07. The molecule has 0 aromatic heterocycles. The number of rotatable bonds is 2. The monoisotopic (exact) mass is 331 g/mol. The first-order chi connectivity index (χ1) is 10.9. The zero-order valence-corrected chi connectivity index (χ0v) is 14.9. The van der Waals surface area contributed by atoms with E-state index in [2.05, 4.69) is 22.2 Å². The van der Waals surface area contributed by atoms with Crippen molar-refractivity contribution in [3.8, 4) is 6.07 Å². The minimum absolute atomic E-state index is 0.00416. The van der Waals surface area contributed by atoms with Gasteiger partial charge in [0.2, 0.25) is 0 Å². The highest BCUT2D eigenvalue weighted by Gasteiger charge is 2.50. The van der Waals surface area contributed by atoms with Crippen LogP contribution < -0.4 is 10.0 Å². The first kappa shape index (κ1) is 16.8. The zero-order valence-electron chi connectivity index (χ0n) is 14.1. The van der Waals surface area contributed by atoms with Crippen LogP contribution in [0.3, 0.4) is 0 Å². The van der Waals surface area contributed by atoms with Crippen LogP contribution in [0.25, 0.3) is 0 Å². The van der Waals surface area contributed by atoms with Gasteiger partial charge < -0.3 is 9.87 Å². The third kappa shape index (κ3) is 3.01. The Labute approximate surface area is 142 Å². The van der Waals surface area contributed by atoms with E-state index in [1.54, 1.807) is 0 Å². The number of nitrogens with one attached hydrogen (secondary N) is 2. The lowest BCUT2D eigenvalue weighted by Crippen LogP contribution is -2.49. The van der Waals surface area contributed by atoms with Crippen LogP contribution >= 0.6 is 0 Å². The normalized spacial score (nSPS) is 24.2. The van der Waals surface area contributed by atoms with Gasteiger partial charge in [-0.2, -0.15) is 5.26 Å². The number of fused-ring (bicyclic) bond motifs is 1. The van der Waals surface area contributed by atoms with E-state index >= 15 is 0 Å². The Balaban J connectivity index is 2.02. The van der Waals surface area contributed by atoms with Gasteiger partial charge in [-0.25, -0.2) is 0 Å². The average molecular weight is 331 g/mol. The lowest BCUT2D eigenvalue weighted by atomic mass is 9.73. The van der Waals surface area contributed by atoms with Crippen LogP contribution in [-0.4, -0.2) is 22.4 Å². The summed E-state index contributed by atoms with van der Waals surface area (Å²) in [7, 11) is 0. The topological polar surface area (TPSA) is 70.9 Å². The van der Waals surface area contributed by atoms with Gasteiger partial charge in [-0.05, 0) is 70.3 Å². The van der Waals surface area contributed by atoms with E-state index in [0.29, 0.717) is 0 Å². The summed E-state index contributed by atoms with van der Waals surface area (Å²) in [6.45, 7) is 7.91. The fourth-order valence-electron chi connectivity index (χ4n) is 3.85. The molecule has 4 nitrogen and oxygen atoms in total.